The molecule has 0 aliphatic carbocycles. The number of rotatable bonds is 5. The zero-order chi connectivity index (χ0) is 24.6. The van der Waals surface area contributed by atoms with E-state index >= 15 is 0 Å². The molecule has 2 saturated heterocycles. The number of hydrogen-bond donors (Lipinski definition) is 2. The van der Waals surface area contributed by atoms with E-state index < -0.39 is 5.66 Å². The number of aromatic amines is 1. The lowest BCUT2D eigenvalue weighted by Gasteiger charge is -2.42. The summed E-state index contributed by atoms with van der Waals surface area (Å²) in [5.41, 5.74) is -0.100. The topological polar surface area (TPSA) is 86.3 Å². The van der Waals surface area contributed by atoms with Crippen LogP contribution in [0, 0.1) is 11.8 Å². The van der Waals surface area contributed by atoms with E-state index in [1.165, 1.54) is 12.8 Å². The fourth-order valence-corrected chi connectivity index (χ4v) is 5.83. The Balaban J connectivity index is 1.31. The van der Waals surface area contributed by atoms with Gasteiger partial charge in [0.1, 0.15) is 5.69 Å². The minimum Gasteiger partial charge on any atom is -0.351 e. The van der Waals surface area contributed by atoms with Crippen LogP contribution in [0.25, 0.3) is 10.9 Å². The zero-order valence-corrected chi connectivity index (χ0v) is 21.1. The Hall–Kier alpha value is -2.84. The van der Waals surface area contributed by atoms with Crippen LogP contribution < -0.4 is 5.32 Å². The summed E-state index contributed by atoms with van der Waals surface area (Å²) in [7, 11) is 2.19. The molecule has 0 unspecified atom stereocenters. The third-order valence-corrected chi connectivity index (χ3v) is 8.11. The van der Waals surface area contributed by atoms with E-state index in [9.17, 15) is 9.59 Å². The molecule has 5 rings (SSSR count). The van der Waals surface area contributed by atoms with Crippen LogP contribution in [0.5, 0.6) is 0 Å². The van der Waals surface area contributed by atoms with Gasteiger partial charge in [-0.05, 0) is 88.8 Å². The summed E-state index contributed by atoms with van der Waals surface area (Å²) in [6.45, 7) is 5.49. The van der Waals surface area contributed by atoms with Crippen LogP contribution in [0.4, 0.5) is 0 Å². The van der Waals surface area contributed by atoms with Gasteiger partial charge in [0, 0.05) is 41.4 Å². The van der Waals surface area contributed by atoms with E-state index in [0.717, 1.165) is 42.8 Å². The molecular formula is C26H33ClN6O2. The van der Waals surface area contributed by atoms with Crippen molar-refractivity contribution in [2.45, 2.75) is 38.3 Å². The molecule has 1 aromatic carbocycles. The lowest BCUT2D eigenvalue weighted by Crippen LogP contribution is -2.60. The number of piperidine rings is 2. The standard InChI is InChI=1S/C26H33ClN6O2/c1-26(33-14-9-28-17-33,30-24(34)23-16-20-15-21(27)3-4-22(20)29-23)25(35)32-12-7-19(8-13-32)18-5-10-31(2)11-6-18/h3-4,9,14-19,29H,5-8,10-13H2,1-2H3,(H,30,34)/t26-/m1/s1. The maximum atomic E-state index is 13.9. The largest absolute Gasteiger partial charge is 0.351 e. The molecule has 2 fully saturated rings. The van der Waals surface area contributed by atoms with Crippen molar-refractivity contribution in [2.24, 2.45) is 11.8 Å². The molecule has 0 bridgehead atoms. The van der Waals surface area contributed by atoms with Gasteiger partial charge < -0.3 is 24.7 Å². The van der Waals surface area contributed by atoms with Crippen LogP contribution in [0.15, 0.2) is 43.0 Å². The third-order valence-electron chi connectivity index (χ3n) is 7.88. The van der Waals surface area contributed by atoms with Gasteiger partial charge >= 0.3 is 0 Å². The van der Waals surface area contributed by atoms with Crippen molar-refractivity contribution in [2.75, 3.05) is 33.2 Å². The fraction of sp³-hybridized carbons (Fsp3) is 0.500. The number of aromatic nitrogens is 3. The first-order valence-electron chi connectivity index (χ1n) is 12.4. The first kappa shape index (κ1) is 23.9. The molecule has 35 heavy (non-hydrogen) atoms. The minimum atomic E-state index is -1.29. The van der Waals surface area contributed by atoms with Crippen LogP contribution in [-0.2, 0) is 10.5 Å². The zero-order valence-electron chi connectivity index (χ0n) is 20.3. The summed E-state index contributed by atoms with van der Waals surface area (Å²) in [5, 5.41) is 4.43. The molecule has 0 saturated carbocycles. The van der Waals surface area contributed by atoms with Crippen LogP contribution in [-0.4, -0.2) is 69.4 Å². The van der Waals surface area contributed by atoms with E-state index in [1.807, 2.05) is 11.0 Å². The Kier molecular flexibility index (Phi) is 6.59. The minimum absolute atomic E-state index is 0.121. The number of carbonyl (C=O) groups is 2. The lowest BCUT2D eigenvalue weighted by molar-refractivity contribution is -0.143. The Morgan fingerprint density at radius 1 is 1.09 bits per heavy atom. The Morgan fingerprint density at radius 3 is 2.43 bits per heavy atom. The van der Waals surface area contributed by atoms with E-state index in [4.69, 9.17) is 11.6 Å². The Bertz CT molecular complexity index is 1190. The van der Waals surface area contributed by atoms with Crippen molar-refractivity contribution in [1.82, 2.24) is 29.7 Å². The highest BCUT2D eigenvalue weighted by atomic mass is 35.5. The average molecular weight is 497 g/mol. The van der Waals surface area contributed by atoms with E-state index in [2.05, 4.69) is 27.2 Å². The lowest BCUT2D eigenvalue weighted by atomic mass is 9.79. The summed E-state index contributed by atoms with van der Waals surface area (Å²) >= 11 is 6.10. The van der Waals surface area contributed by atoms with Gasteiger partial charge in [-0.3, -0.25) is 9.59 Å². The van der Waals surface area contributed by atoms with Crippen LogP contribution >= 0.6 is 11.6 Å². The van der Waals surface area contributed by atoms with Crippen molar-refractivity contribution in [3.05, 3.63) is 53.7 Å². The number of likely N-dealkylation sites (tertiary alicyclic amines) is 2. The van der Waals surface area contributed by atoms with Crippen molar-refractivity contribution in [3.8, 4) is 0 Å². The molecule has 9 heteroatoms. The van der Waals surface area contributed by atoms with Crippen LogP contribution in [0.1, 0.15) is 43.1 Å². The predicted octanol–water partition coefficient (Wildman–Crippen LogP) is 3.70. The molecule has 0 spiro atoms. The Labute approximate surface area is 210 Å². The second-order valence-corrected chi connectivity index (χ2v) is 10.6. The molecular weight excluding hydrogens is 464 g/mol. The van der Waals surface area contributed by atoms with Crippen molar-refractivity contribution < 1.29 is 9.59 Å². The summed E-state index contributed by atoms with van der Waals surface area (Å²) in [6.07, 6.45) is 9.42. The van der Waals surface area contributed by atoms with Crippen molar-refractivity contribution in [1.29, 1.82) is 0 Å². The van der Waals surface area contributed by atoms with Crippen LogP contribution in [0.2, 0.25) is 5.02 Å². The fourth-order valence-electron chi connectivity index (χ4n) is 5.65. The van der Waals surface area contributed by atoms with Crippen LogP contribution in [0.3, 0.4) is 0 Å². The molecule has 4 heterocycles. The normalized spacial score (nSPS) is 20.1. The molecule has 2 amide bonds. The number of imidazole rings is 1. The van der Waals surface area contributed by atoms with Gasteiger partial charge in [0.15, 0.2) is 5.66 Å². The first-order valence-corrected chi connectivity index (χ1v) is 12.8. The van der Waals surface area contributed by atoms with Gasteiger partial charge in [-0.15, -0.1) is 0 Å². The molecule has 3 aromatic rings. The number of nitrogens with one attached hydrogen (secondary N) is 2. The first-order chi connectivity index (χ1) is 16.8. The second-order valence-electron chi connectivity index (χ2n) is 10.2. The highest BCUT2D eigenvalue weighted by molar-refractivity contribution is 6.31. The number of benzene rings is 1. The highest BCUT2D eigenvalue weighted by Crippen LogP contribution is 2.33. The number of carbonyl (C=O) groups excluding carboxylic acids is 2. The van der Waals surface area contributed by atoms with Gasteiger partial charge in [0.05, 0.1) is 6.33 Å². The number of nitrogens with zero attached hydrogens (tertiary/aromatic N) is 4. The van der Waals surface area contributed by atoms with E-state index in [-0.39, 0.29) is 11.8 Å². The van der Waals surface area contributed by atoms with Gasteiger partial charge in [-0.25, -0.2) is 4.98 Å². The monoisotopic (exact) mass is 496 g/mol. The number of hydrogen-bond acceptors (Lipinski definition) is 4. The van der Waals surface area contributed by atoms with Gasteiger partial charge in [-0.2, -0.15) is 0 Å². The second kappa shape index (κ2) is 9.66. The molecule has 2 N–H and O–H groups in total. The van der Waals surface area contributed by atoms with E-state index in [0.29, 0.717) is 29.7 Å². The summed E-state index contributed by atoms with van der Waals surface area (Å²) in [4.78, 5) is 38.7. The number of halogens is 1. The number of amides is 2. The van der Waals surface area contributed by atoms with E-state index in [1.54, 1.807) is 48.4 Å². The summed E-state index contributed by atoms with van der Waals surface area (Å²) in [6, 6.07) is 7.17. The SMILES string of the molecule is CN1CCC(C2CCN(C(=O)[C@](C)(NC(=O)c3cc4cc(Cl)ccc4[nH]3)n3ccnc3)CC2)CC1. The average Bonchev–Trinajstić information content (AvgIpc) is 3.55. The number of H-pyrrole nitrogens is 1. The molecule has 2 aromatic heterocycles. The summed E-state index contributed by atoms with van der Waals surface area (Å²) in [5.74, 6) is 0.937. The molecule has 2 aliphatic heterocycles. The summed E-state index contributed by atoms with van der Waals surface area (Å²) < 4.78 is 1.68. The molecule has 2 aliphatic rings. The Morgan fingerprint density at radius 2 is 1.77 bits per heavy atom. The predicted molar refractivity (Wildman–Crippen MR) is 136 cm³/mol. The van der Waals surface area contributed by atoms with Crippen molar-refractivity contribution in [3.63, 3.8) is 0 Å². The van der Waals surface area contributed by atoms with Gasteiger partial charge in [0.25, 0.3) is 11.8 Å². The van der Waals surface area contributed by atoms with Crippen molar-refractivity contribution >= 4 is 34.3 Å². The molecule has 1 atom stereocenters. The highest BCUT2D eigenvalue weighted by Gasteiger charge is 2.42. The molecule has 8 nitrogen and oxygen atoms in total. The number of fused-ring (bicyclic) bond motifs is 1. The van der Waals surface area contributed by atoms with Gasteiger partial charge in [-0.1, -0.05) is 11.6 Å². The smallest absolute Gasteiger partial charge is 0.269 e. The maximum absolute atomic E-state index is 13.9. The maximum Gasteiger partial charge on any atom is 0.269 e. The molecule has 0 radical (unpaired) electrons. The quantitative estimate of drug-likeness (QED) is 0.564. The third kappa shape index (κ3) is 4.82. The van der Waals surface area contributed by atoms with Gasteiger partial charge in [0.2, 0.25) is 0 Å². The molecule has 186 valence electrons.